The molecule has 0 atom stereocenters. The molecule has 1 aliphatic carbocycles. The Bertz CT molecular complexity index is 708. The van der Waals surface area contributed by atoms with Crippen LogP contribution in [0.25, 0.3) is 0 Å². The third-order valence-electron chi connectivity index (χ3n) is 4.75. The van der Waals surface area contributed by atoms with Crippen molar-refractivity contribution in [3.8, 4) is 11.5 Å². The van der Waals surface area contributed by atoms with Crippen LogP contribution in [-0.4, -0.2) is 20.1 Å². The molecule has 0 spiro atoms. The maximum atomic E-state index is 12.7. The molecule has 3 rings (SSSR count). The molecule has 1 saturated carbocycles. The normalized spacial score (nSPS) is 15.2. The van der Waals surface area contributed by atoms with Crippen molar-refractivity contribution in [3.05, 3.63) is 59.7 Å². The van der Waals surface area contributed by atoms with Crippen molar-refractivity contribution >= 4 is 5.91 Å². The van der Waals surface area contributed by atoms with Crippen LogP contribution in [0.3, 0.4) is 0 Å². The predicted molar refractivity (Wildman–Crippen MR) is 93.4 cm³/mol. The maximum Gasteiger partial charge on any atom is 0.225 e. The lowest BCUT2D eigenvalue weighted by atomic mass is 9.71. The molecule has 1 fully saturated rings. The highest BCUT2D eigenvalue weighted by Gasteiger charge is 2.39. The first-order valence-electron chi connectivity index (χ1n) is 8.24. The molecule has 1 amide bonds. The minimum absolute atomic E-state index is 0.00473. The molecular formula is C20H23NO3. The summed E-state index contributed by atoms with van der Waals surface area (Å²) in [5.74, 6) is 1.43. The third-order valence-corrected chi connectivity index (χ3v) is 4.75. The van der Waals surface area contributed by atoms with Crippen LogP contribution in [0.1, 0.15) is 30.4 Å². The molecule has 1 N–H and O–H groups in total. The summed E-state index contributed by atoms with van der Waals surface area (Å²) in [6.45, 7) is 0. The van der Waals surface area contributed by atoms with E-state index in [1.54, 1.807) is 14.2 Å². The lowest BCUT2D eigenvalue weighted by Gasteiger charge is -2.43. The summed E-state index contributed by atoms with van der Waals surface area (Å²) in [6.07, 6.45) is 3.38. The van der Waals surface area contributed by atoms with Gasteiger partial charge in [0, 0.05) is 5.56 Å². The van der Waals surface area contributed by atoms with Crippen molar-refractivity contribution in [2.24, 2.45) is 0 Å². The number of rotatable bonds is 6. The number of carbonyl (C=O) groups excluding carboxylic acids is 1. The van der Waals surface area contributed by atoms with Gasteiger partial charge in [-0.05, 0) is 43.0 Å². The van der Waals surface area contributed by atoms with Crippen molar-refractivity contribution in [2.45, 2.75) is 31.2 Å². The number of methoxy groups -OCH3 is 2. The van der Waals surface area contributed by atoms with E-state index in [1.165, 1.54) is 5.56 Å². The quantitative estimate of drug-likeness (QED) is 0.885. The van der Waals surface area contributed by atoms with Gasteiger partial charge < -0.3 is 14.8 Å². The topological polar surface area (TPSA) is 47.6 Å². The summed E-state index contributed by atoms with van der Waals surface area (Å²) < 4.78 is 10.6. The number of benzene rings is 2. The minimum Gasteiger partial charge on any atom is -0.497 e. The van der Waals surface area contributed by atoms with E-state index in [0.717, 1.165) is 30.6 Å². The minimum atomic E-state index is -0.218. The Morgan fingerprint density at radius 1 is 1.08 bits per heavy atom. The fraction of sp³-hybridized carbons (Fsp3) is 0.350. The Hall–Kier alpha value is -2.49. The Labute approximate surface area is 142 Å². The molecule has 126 valence electrons. The van der Waals surface area contributed by atoms with Crippen LogP contribution in [0, 0.1) is 0 Å². The summed E-state index contributed by atoms with van der Waals surface area (Å²) in [6, 6.07) is 15.7. The van der Waals surface area contributed by atoms with Gasteiger partial charge in [-0.25, -0.2) is 0 Å². The van der Waals surface area contributed by atoms with E-state index in [2.05, 4.69) is 17.4 Å². The van der Waals surface area contributed by atoms with E-state index in [-0.39, 0.29) is 17.9 Å². The second kappa shape index (κ2) is 6.95. The van der Waals surface area contributed by atoms with Gasteiger partial charge in [0.15, 0.2) is 0 Å². The van der Waals surface area contributed by atoms with E-state index in [9.17, 15) is 4.79 Å². The molecule has 0 bridgehead atoms. The van der Waals surface area contributed by atoms with E-state index < -0.39 is 0 Å². The third kappa shape index (κ3) is 3.23. The largest absolute Gasteiger partial charge is 0.497 e. The van der Waals surface area contributed by atoms with E-state index >= 15 is 0 Å². The van der Waals surface area contributed by atoms with Gasteiger partial charge in [0.25, 0.3) is 0 Å². The molecule has 0 unspecified atom stereocenters. The molecular weight excluding hydrogens is 302 g/mol. The first kappa shape index (κ1) is 16.4. The molecule has 0 aliphatic heterocycles. The van der Waals surface area contributed by atoms with Gasteiger partial charge in [0.05, 0.1) is 26.2 Å². The number of nitrogens with one attached hydrogen (secondary N) is 1. The van der Waals surface area contributed by atoms with E-state index in [1.807, 2.05) is 36.4 Å². The summed E-state index contributed by atoms with van der Waals surface area (Å²) in [4.78, 5) is 12.7. The second-order valence-corrected chi connectivity index (χ2v) is 6.20. The van der Waals surface area contributed by atoms with E-state index in [4.69, 9.17) is 9.47 Å². The first-order chi connectivity index (χ1) is 11.7. The van der Waals surface area contributed by atoms with Crippen LogP contribution in [0.2, 0.25) is 0 Å². The Kier molecular flexibility index (Phi) is 4.74. The summed E-state index contributed by atoms with van der Waals surface area (Å²) in [5, 5.41) is 3.25. The molecule has 0 saturated heterocycles. The van der Waals surface area contributed by atoms with Gasteiger partial charge in [-0.1, -0.05) is 30.3 Å². The van der Waals surface area contributed by atoms with Crippen LogP contribution in [0.4, 0.5) is 0 Å². The van der Waals surface area contributed by atoms with Crippen LogP contribution >= 0.6 is 0 Å². The zero-order valence-electron chi connectivity index (χ0n) is 14.2. The van der Waals surface area contributed by atoms with Gasteiger partial charge >= 0.3 is 0 Å². The number of hydrogen-bond acceptors (Lipinski definition) is 3. The molecule has 0 heterocycles. The fourth-order valence-corrected chi connectivity index (χ4v) is 3.28. The van der Waals surface area contributed by atoms with Crippen LogP contribution in [0.5, 0.6) is 11.5 Å². The van der Waals surface area contributed by atoms with Gasteiger partial charge in [-0.3, -0.25) is 4.79 Å². The number of amides is 1. The van der Waals surface area contributed by atoms with Crippen molar-refractivity contribution in [3.63, 3.8) is 0 Å². The molecule has 2 aromatic carbocycles. The van der Waals surface area contributed by atoms with Crippen LogP contribution < -0.4 is 14.8 Å². The van der Waals surface area contributed by atoms with Crippen molar-refractivity contribution < 1.29 is 14.3 Å². The number of carbonyl (C=O) groups is 1. The number of ether oxygens (including phenoxy) is 2. The Morgan fingerprint density at radius 2 is 1.83 bits per heavy atom. The highest BCUT2D eigenvalue weighted by atomic mass is 16.5. The zero-order chi connectivity index (χ0) is 17.0. The molecule has 1 aliphatic rings. The van der Waals surface area contributed by atoms with E-state index in [0.29, 0.717) is 5.75 Å². The Morgan fingerprint density at radius 3 is 2.42 bits per heavy atom. The molecule has 0 radical (unpaired) electrons. The van der Waals surface area contributed by atoms with Crippen LogP contribution in [-0.2, 0) is 16.8 Å². The van der Waals surface area contributed by atoms with Gasteiger partial charge in [0.1, 0.15) is 11.5 Å². The van der Waals surface area contributed by atoms with Crippen molar-refractivity contribution in [1.29, 1.82) is 0 Å². The number of hydrogen-bond donors (Lipinski definition) is 1. The molecule has 2 aromatic rings. The van der Waals surface area contributed by atoms with Gasteiger partial charge in [0.2, 0.25) is 5.91 Å². The maximum absolute atomic E-state index is 12.7. The highest BCUT2D eigenvalue weighted by molar-refractivity contribution is 5.80. The van der Waals surface area contributed by atoms with Crippen molar-refractivity contribution in [2.75, 3.05) is 14.2 Å². The first-order valence-corrected chi connectivity index (χ1v) is 8.24. The molecule has 0 aromatic heterocycles. The summed E-state index contributed by atoms with van der Waals surface area (Å²) >= 11 is 0. The zero-order valence-corrected chi connectivity index (χ0v) is 14.2. The lowest BCUT2D eigenvalue weighted by Crippen LogP contribution is -2.51. The average molecular weight is 325 g/mol. The van der Waals surface area contributed by atoms with Gasteiger partial charge in [-0.15, -0.1) is 0 Å². The molecule has 4 nitrogen and oxygen atoms in total. The second-order valence-electron chi connectivity index (χ2n) is 6.20. The SMILES string of the molecule is COc1ccc(OC)c(CC(=O)NC2(c3ccccc3)CCC2)c1. The standard InChI is InChI=1S/C20H23NO3/c1-23-17-9-10-18(24-2)15(13-17)14-19(22)21-20(11-6-12-20)16-7-4-3-5-8-16/h3-5,7-10,13H,6,11-12,14H2,1-2H3,(H,21,22). The van der Waals surface area contributed by atoms with Crippen molar-refractivity contribution in [1.82, 2.24) is 5.32 Å². The Balaban J connectivity index is 1.76. The fourth-order valence-electron chi connectivity index (χ4n) is 3.28. The summed E-state index contributed by atoms with van der Waals surface area (Å²) in [5.41, 5.74) is 1.80. The smallest absolute Gasteiger partial charge is 0.225 e. The molecule has 4 heteroatoms. The average Bonchev–Trinajstić information content (AvgIpc) is 2.58. The highest BCUT2D eigenvalue weighted by Crippen LogP contribution is 2.41. The summed E-state index contributed by atoms with van der Waals surface area (Å²) in [7, 11) is 3.23. The van der Waals surface area contributed by atoms with Gasteiger partial charge in [-0.2, -0.15) is 0 Å². The van der Waals surface area contributed by atoms with Crippen LogP contribution in [0.15, 0.2) is 48.5 Å². The predicted octanol–water partition coefficient (Wildman–Crippen LogP) is 3.44. The molecule has 24 heavy (non-hydrogen) atoms. The monoisotopic (exact) mass is 325 g/mol. The lowest BCUT2D eigenvalue weighted by molar-refractivity contribution is -0.123.